The van der Waals surface area contributed by atoms with Gasteiger partial charge in [-0.2, -0.15) is 0 Å². The summed E-state index contributed by atoms with van der Waals surface area (Å²) in [5.41, 5.74) is 2.95. The Kier molecular flexibility index (Phi) is 4.91. The highest BCUT2D eigenvalue weighted by molar-refractivity contribution is 8.18. The van der Waals surface area contributed by atoms with Gasteiger partial charge in [-0.05, 0) is 44.7 Å². The molecule has 2 aromatic rings. The Labute approximate surface area is 155 Å². The zero-order valence-corrected chi connectivity index (χ0v) is 15.9. The number of imide groups is 1. The number of thioether (sulfide) groups is 1. The Hall–Kier alpha value is -2.54. The van der Waals surface area contributed by atoms with Crippen molar-refractivity contribution in [3.05, 3.63) is 40.4 Å². The largest absolute Gasteiger partial charge is 0.464 e. The lowest BCUT2D eigenvalue weighted by Gasteiger charge is -2.19. The van der Waals surface area contributed by atoms with E-state index in [1.165, 1.54) is 6.92 Å². The van der Waals surface area contributed by atoms with E-state index in [9.17, 15) is 14.4 Å². The Bertz CT molecular complexity index is 944. The third-order valence-corrected chi connectivity index (χ3v) is 5.45. The Morgan fingerprint density at radius 3 is 2.69 bits per heavy atom. The number of nitrogens with zero attached hydrogens (tertiary/aromatic N) is 2. The molecule has 6 nitrogen and oxygen atoms in total. The molecule has 1 aromatic carbocycles. The van der Waals surface area contributed by atoms with Crippen molar-refractivity contribution in [2.24, 2.45) is 7.05 Å². The van der Waals surface area contributed by atoms with E-state index in [1.807, 2.05) is 42.8 Å². The van der Waals surface area contributed by atoms with Crippen molar-refractivity contribution in [3.63, 3.8) is 0 Å². The third-order valence-electron chi connectivity index (χ3n) is 4.56. The number of carbonyl (C=O) groups is 3. The van der Waals surface area contributed by atoms with Gasteiger partial charge in [0, 0.05) is 29.2 Å². The van der Waals surface area contributed by atoms with Crippen molar-refractivity contribution >= 4 is 45.9 Å². The number of ether oxygens (including phenoxy) is 1. The Balaban J connectivity index is 1.99. The lowest BCUT2D eigenvalue weighted by Crippen LogP contribution is -2.42. The van der Waals surface area contributed by atoms with Crippen LogP contribution < -0.4 is 0 Å². The topological polar surface area (TPSA) is 68.6 Å². The molecule has 1 fully saturated rings. The van der Waals surface area contributed by atoms with E-state index in [0.29, 0.717) is 4.91 Å². The van der Waals surface area contributed by atoms with Crippen molar-refractivity contribution in [1.29, 1.82) is 0 Å². The predicted molar refractivity (Wildman–Crippen MR) is 102 cm³/mol. The van der Waals surface area contributed by atoms with Gasteiger partial charge in [-0.25, -0.2) is 4.79 Å². The first-order valence-electron chi connectivity index (χ1n) is 8.34. The molecule has 0 bridgehead atoms. The molecule has 1 atom stereocenters. The van der Waals surface area contributed by atoms with E-state index >= 15 is 0 Å². The van der Waals surface area contributed by atoms with Crippen LogP contribution in [-0.4, -0.2) is 39.2 Å². The Morgan fingerprint density at radius 2 is 2.00 bits per heavy atom. The monoisotopic (exact) mass is 372 g/mol. The van der Waals surface area contributed by atoms with E-state index < -0.39 is 23.2 Å². The SMILES string of the molecule is CCOC(=O)[C@@H](C)N1C(=O)S/C(=C/c2c(C)n(C)c3ccccc23)C1=O. The first kappa shape index (κ1) is 18.3. The first-order valence-corrected chi connectivity index (χ1v) is 9.16. The van der Waals surface area contributed by atoms with Gasteiger partial charge in [-0.1, -0.05) is 18.2 Å². The standard InChI is InChI=1S/C19H20N2O4S/c1-5-25-18(23)12(3)21-17(22)16(26-19(21)24)10-14-11(2)20(4)15-9-7-6-8-13(14)15/h6-10,12H,5H2,1-4H3/b16-10+/t12-/m1/s1. The van der Waals surface area contributed by atoms with Gasteiger partial charge in [-0.3, -0.25) is 14.5 Å². The molecule has 0 saturated carbocycles. The number of carbonyl (C=O) groups excluding carboxylic acids is 3. The maximum absolute atomic E-state index is 12.7. The number of hydrogen-bond acceptors (Lipinski definition) is 5. The third kappa shape index (κ3) is 2.92. The van der Waals surface area contributed by atoms with E-state index in [1.54, 1.807) is 13.0 Å². The molecule has 0 spiro atoms. The zero-order valence-electron chi connectivity index (χ0n) is 15.1. The van der Waals surface area contributed by atoms with E-state index in [-0.39, 0.29) is 6.61 Å². The van der Waals surface area contributed by atoms with Crippen LogP contribution in [0.3, 0.4) is 0 Å². The molecule has 0 N–H and O–H groups in total. The second kappa shape index (κ2) is 6.99. The van der Waals surface area contributed by atoms with Crippen LogP contribution in [0.25, 0.3) is 17.0 Å². The molecule has 2 heterocycles. The van der Waals surface area contributed by atoms with Gasteiger partial charge in [-0.15, -0.1) is 0 Å². The van der Waals surface area contributed by atoms with Gasteiger partial charge in [0.2, 0.25) is 0 Å². The highest BCUT2D eigenvalue weighted by atomic mass is 32.2. The minimum absolute atomic E-state index is 0.199. The van der Waals surface area contributed by atoms with Crippen molar-refractivity contribution in [3.8, 4) is 0 Å². The van der Waals surface area contributed by atoms with Crippen molar-refractivity contribution in [1.82, 2.24) is 9.47 Å². The molecule has 1 aromatic heterocycles. The predicted octanol–water partition coefficient (Wildman–Crippen LogP) is 3.47. The highest BCUT2D eigenvalue weighted by Gasteiger charge is 2.41. The molecule has 136 valence electrons. The molecule has 1 saturated heterocycles. The van der Waals surface area contributed by atoms with Gasteiger partial charge in [0.15, 0.2) is 0 Å². The molecule has 0 radical (unpaired) electrons. The minimum Gasteiger partial charge on any atom is -0.464 e. The van der Waals surface area contributed by atoms with Crippen molar-refractivity contribution in [2.75, 3.05) is 6.61 Å². The van der Waals surface area contributed by atoms with Crippen LogP contribution >= 0.6 is 11.8 Å². The van der Waals surface area contributed by atoms with Gasteiger partial charge in [0.1, 0.15) is 6.04 Å². The summed E-state index contributed by atoms with van der Waals surface area (Å²) in [6.45, 7) is 5.35. The van der Waals surface area contributed by atoms with Crippen LogP contribution in [0, 0.1) is 6.92 Å². The zero-order chi connectivity index (χ0) is 19.0. The van der Waals surface area contributed by atoms with Gasteiger partial charge >= 0.3 is 5.97 Å². The fraction of sp³-hybridized carbons (Fsp3) is 0.316. The molecule has 2 amide bonds. The lowest BCUT2D eigenvalue weighted by atomic mass is 10.1. The molecule has 26 heavy (non-hydrogen) atoms. The van der Waals surface area contributed by atoms with Gasteiger partial charge in [0.25, 0.3) is 11.1 Å². The lowest BCUT2D eigenvalue weighted by molar-refractivity contribution is -0.150. The fourth-order valence-corrected chi connectivity index (χ4v) is 3.94. The quantitative estimate of drug-likeness (QED) is 0.607. The summed E-state index contributed by atoms with van der Waals surface area (Å²) in [5.74, 6) is -1.05. The average molecular weight is 372 g/mol. The molecule has 7 heteroatoms. The second-order valence-corrected chi connectivity index (χ2v) is 7.05. The summed E-state index contributed by atoms with van der Waals surface area (Å²) < 4.78 is 6.98. The van der Waals surface area contributed by atoms with Gasteiger partial charge < -0.3 is 9.30 Å². The van der Waals surface area contributed by atoms with Gasteiger partial charge in [0.05, 0.1) is 11.5 Å². The summed E-state index contributed by atoms with van der Waals surface area (Å²) in [6.07, 6.45) is 1.74. The van der Waals surface area contributed by atoms with Crippen LogP contribution in [0.5, 0.6) is 0 Å². The number of para-hydroxylation sites is 1. The maximum Gasteiger partial charge on any atom is 0.329 e. The summed E-state index contributed by atoms with van der Waals surface area (Å²) in [7, 11) is 1.96. The highest BCUT2D eigenvalue weighted by Crippen LogP contribution is 2.36. The summed E-state index contributed by atoms with van der Waals surface area (Å²) in [5, 5.41) is 0.553. The molecule has 1 aliphatic heterocycles. The molecule has 1 aliphatic rings. The van der Waals surface area contributed by atoms with Crippen LogP contribution in [-0.2, 0) is 21.4 Å². The number of rotatable bonds is 4. The summed E-state index contributed by atoms with van der Waals surface area (Å²) in [6, 6.07) is 6.95. The smallest absolute Gasteiger partial charge is 0.329 e. The van der Waals surface area contributed by atoms with Crippen molar-refractivity contribution in [2.45, 2.75) is 26.8 Å². The fourth-order valence-electron chi connectivity index (χ4n) is 3.05. The number of fused-ring (bicyclic) bond motifs is 1. The normalized spacial score (nSPS) is 17.4. The van der Waals surface area contributed by atoms with Crippen LogP contribution in [0.4, 0.5) is 4.79 Å². The first-order chi connectivity index (χ1) is 12.4. The molecule has 3 rings (SSSR count). The number of aromatic nitrogens is 1. The summed E-state index contributed by atoms with van der Waals surface area (Å²) >= 11 is 0.848. The minimum atomic E-state index is -0.943. The van der Waals surface area contributed by atoms with Crippen LogP contribution in [0.1, 0.15) is 25.1 Å². The summed E-state index contributed by atoms with van der Waals surface area (Å²) in [4.78, 5) is 38.2. The number of esters is 1. The van der Waals surface area contributed by atoms with Crippen LogP contribution in [0.15, 0.2) is 29.2 Å². The van der Waals surface area contributed by atoms with E-state index in [2.05, 4.69) is 0 Å². The second-order valence-electron chi connectivity index (χ2n) is 6.05. The number of hydrogen-bond donors (Lipinski definition) is 0. The molecule has 0 aliphatic carbocycles. The maximum atomic E-state index is 12.7. The van der Waals surface area contributed by atoms with Crippen LogP contribution in [0.2, 0.25) is 0 Å². The Morgan fingerprint density at radius 1 is 1.31 bits per heavy atom. The number of aryl methyl sites for hydroxylation is 1. The van der Waals surface area contributed by atoms with E-state index in [4.69, 9.17) is 4.74 Å². The molecule has 0 unspecified atom stereocenters. The number of benzene rings is 1. The average Bonchev–Trinajstić information content (AvgIpc) is 3.03. The number of amides is 2. The van der Waals surface area contributed by atoms with Crippen molar-refractivity contribution < 1.29 is 19.1 Å². The van der Waals surface area contributed by atoms with E-state index in [0.717, 1.165) is 38.8 Å². The molecular formula is C19H20N2O4S. The molecular weight excluding hydrogens is 352 g/mol.